The van der Waals surface area contributed by atoms with Gasteiger partial charge in [0, 0.05) is 17.9 Å². The van der Waals surface area contributed by atoms with E-state index in [1.54, 1.807) is 11.5 Å². The minimum Gasteiger partial charge on any atom is -0.494 e. The van der Waals surface area contributed by atoms with Crippen molar-refractivity contribution in [1.82, 2.24) is 14.9 Å². The van der Waals surface area contributed by atoms with Gasteiger partial charge in [-0.3, -0.25) is 9.36 Å². The number of aromatic nitrogens is 2. The molecule has 1 heterocycles. The Morgan fingerprint density at radius 1 is 1.21 bits per heavy atom. The van der Waals surface area contributed by atoms with E-state index in [0.29, 0.717) is 19.0 Å². The quantitative estimate of drug-likeness (QED) is 0.557. The SMILES string of the molecule is CCOc1ccc(-n2c(C(C)NCCS(=O)(=O)CC)nc3c(c2=O)CCCC(C)(C)C3)cc1. The van der Waals surface area contributed by atoms with Crippen molar-refractivity contribution in [2.75, 3.05) is 24.7 Å². The number of nitrogens with zero attached hydrogens (tertiary/aromatic N) is 2. The van der Waals surface area contributed by atoms with E-state index < -0.39 is 9.84 Å². The highest BCUT2D eigenvalue weighted by molar-refractivity contribution is 7.91. The van der Waals surface area contributed by atoms with Crippen molar-refractivity contribution < 1.29 is 13.2 Å². The lowest BCUT2D eigenvalue weighted by Crippen LogP contribution is -2.35. The number of sulfone groups is 1. The lowest BCUT2D eigenvalue weighted by atomic mass is 9.85. The monoisotopic (exact) mass is 475 g/mol. The fourth-order valence-electron chi connectivity index (χ4n) is 4.37. The van der Waals surface area contributed by atoms with Crippen LogP contribution in [0.4, 0.5) is 0 Å². The van der Waals surface area contributed by atoms with Crippen molar-refractivity contribution in [2.45, 2.75) is 66.3 Å². The van der Waals surface area contributed by atoms with Crippen molar-refractivity contribution >= 4 is 9.84 Å². The molecule has 0 aliphatic heterocycles. The maximum atomic E-state index is 13.8. The number of rotatable bonds is 9. The molecule has 1 N–H and O–H groups in total. The molecule has 0 bridgehead atoms. The second kappa shape index (κ2) is 10.4. The third-order valence-corrected chi connectivity index (χ3v) is 8.02. The molecule has 1 aliphatic rings. The smallest absolute Gasteiger partial charge is 0.261 e. The summed E-state index contributed by atoms with van der Waals surface area (Å²) in [5.74, 6) is 1.52. The zero-order valence-electron chi connectivity index (χ0n) is 20.5. The zero-order valence-corrected chi connectivity index (χ0v) is 21.3. The van der Waals surface area contributed by atoms with Crippen LogP contribution in [0.2, 0.25) is 0 Å². The summed E-state index contributed by atoms with van der Waals surface area (Å²) >= 11 is 0. The highest BCUT2D eigenvalue weighted by Crippen LogP contribution is 2.32. The molecule has 1 aromatic heterocycles. The van der Waals surface area contributed by atoms with Gasteiger partial charge >= 0.3 is 0 Å². The molecule has 1 aliphatic carbocycles. The Morgan fingerprint density at radius 2 is 1.91 bits per heavy atom. The highest BCUT2D eigenvalue weighted by atomic mass is 32.2. The minimum atomic E-state index is -3.08. The van der Waals surface area contributed by atoms with Gasteiger partial charge in [-0.2, -0.15) is 0 Å². The summed E-state index contributed by atoms with van der Waals surface area (Å²) in [7, 11) is -3.08. The summed E-state index contributed by atoms with van der Waals surface area (Å²) in [6.07, 6.45) is 3.48. The molecule has 1 aromatic carbocycles. The van der Waals surface area contributed by atoms with E-state index in [4.69, 9.17) is 9.72 Å². The number of fused-ring (bicyclic) bond motifs is 1. The van der Waals surface area contributed by atoms with Crippen molar-refractivity contribution in [2.24, 2.45) is 5.41 Å². The molecule has 1 unspecified atom stereocenters. The number of hydrogen-bond donors (Lipinski definition) is 1. The summed E-state index contributed by atoms with van der Waals surface area (Å²) in [4.78, 5) is 18.8. The molecule has 7 nitrogen and oxygen atoms in total. The third kappa shape index (κ3) is 6.23. The summed E-state index contributed by atoms with van der Waals surface area (Å²) < 4.78 is 31.1. The first-order valence-corrected chi connectivity index (χ1v) is 13.7. The van der Waals surface area contributed by atoms with Crippen LogP contribution in [0.3, 0.4) is 0 Å². The van der Waals surface area contributed by atoms with Gasteiger partial charge in [-0.15, -0.1) is 0 Å². The Morgan fingerprint density at radius 3 is 2.55 bits per heavy atom. The van der Waals surface area contributed by atoms with Crippen molar-refractivity contribution in [3.63, 3.8) is 0 Å². The molecule has 0 radical (unpaired) electrons. The van der Waals surface area contributed by atoms with Gasteiger partial charge in [0.2, 0.25) is 0 Å². The normalized spacial score (nSPS) is 16.6. The van der Waals surface area contributed by atoms with Crippen molar-refractivity contribution in [3.8, 4) is 11.4 Å². The standard InChI is InChI=1S/C25H37N3O4S/c1-6-32-20-12-10-19(11-13-20)28-23(18(3)26-15-16-33(30,31)7-2)27-22-17-25(4,5)14-8-9-21(22)24(28)29/h10-13,18,26H,6-9,14-17H2,1-5H3. The van der Waals surface area contributed by atoms with E-state index in [-0.39, 0.29) is 28.5 Å². The van der Waals surface area contributed by atoms with Gasteiger partial charge in [-0.05, 0) is 69.2 Å². The first-order valence-electron chi connectivity index (χ1n) is 11.9. The largest absolute Gasteiger partial charge is 0.494 e. The molecule has 2 aromatic rings. The number of ether oxygens (including phenoxy) is 1. The third-order valence-electron chi connectivity index (χ3n) is 6.31. The van der Waals surface area contributed by atoms with Crippen LogP contribution in [0, 0.1) is 5.41 Å². The van der Waals surface area contributed by atoms with Gasteiger partial charge in [0.1, 0.15) is 11.6 Å². The van der Waals surface area contributed by atoms with Crippen LogP contribution in [-0.4, -0.2) is 42.6 Å². The second-order valence-corrected chi connectivity index (χ2v) is 12.0. The second-order valence-electron chi connectivity index (χ2n) is 9.57. The van der Waals surface area contributed by atoms with Crippen molar-refractivity contribution in [3.05, 3.63) is 51.7 Å². The Hall–Kier alpha value is -2.19. The Labute approximate surface area is 197 Å². The highest BCUT2D eigenvalue weighted by Gasteiger charge is 2.29. The molecule has 8 heteroatoms. The number of nitrogens with one attached hydrogen (secondary N) is 1. The zero-order chi connectivity index (χ0) is 24.2. The van der Waals surface area contributed by atoms with Gasteiger partial charge in [0.05, 0.1) is 29.8 Å². The maximum absolute atomic E-state index is 13.8. The van der Waals surface area contributed by atoms with Gasteiger partial charge < -0.3 is 10.1 Å². The average molecular weight is 476 g/mol. The lowest BCUT2D eigenvalue weighted by Gasteiger charge is -2.24. The molecule has 0 saturated carbocycles. The number of benzene rings is 1. The fraction of sp³-hybridized carbons (Fsp3) is 0.600. The van der Waals surface area contributed by atoms with Gasteiger partial charge in [-0.1, -0.05) is 20.8 Å². The topological polar surface area (TPSA) is 90.3 Å². The Bertz CT molecular complexity index is 1120. The first-order chi connectivity index (χ1) is 15.6. The van der Waals surface area contributed by atoms with Crippen LogP contribution in [0.15, 0.2) is 29.1 Å². The molecular formula is C25H37N3O4S. The van der Waals surface area contributed by atoms with E-state index in [2.05, 4.69) is 19.2 Å². The molecule has 0 fully saturated rings. The molecule has 182 valence electrons. The first kappa shape index (κ1) is 25.4. The summed E-state index contributed by atoms with van der Waals surface area (Å²) in [5, 5.41) is 3.28. The molecule has 0 saturated heterocycles. The Balaban J connectivity index is 2.05. The van der Waals surface area contributed by atoms with Gasteiger partial charge in [0.25, 0.3) is 5.56 Å². The predicted octanol–water partition coefficient (Wildman–Crippen LogP) is 3.62. The summed E-state index contributed by atoms with van der Waals surface area (Å²) in [6, 6.07) is 7.16. The summed E-state index contributed by atoms with van der Waals surface area (Å²) in [5.41, 5.74) is 2.44. The maximum Gasteiger partial charge on any atom is 0.261 e. The predicted molar refractivity (Wildman–Crippen MR) is 132 cm³/mol. The van der Waals surface area contributed by atoms with Crippen LogP contribution < -0.4 is 15.6 Å². The van der Waals surface area contributed by atoms with Crippen LogP contribution in [0.5, 0.6) is 5.75 Å². The van der Waals surface area contributed by atoms with Crippen LogP contribution in [-0.2, 0) is 22.7 Å². The van der Waals surface area contributed by atoms with E-state index >= 15 is 0 Å². The average Bonchev–Trinajstić information content (AvgIpc) is 2.91. The van der Waals surface area contributed by atoms with Crippen LogP contribution in [0.25, 0.3) is 5.69 Å². The number of hydrogen-bond acceptors (Lipinski definition) is 6. The lowest BCUT2D eigenvalue weighted by molar-refractivity contribution is 0.329. The molecule has 0 spiro atoms. The van der Waals surface area contributed by atoms with Crippen LogP contribution >= 0.6 is 0 Å². The molecule has 0 amide bonds. The van der Waals surface area contributed by atoms with Crippen molar-refractivity contribution in [1.29, 1.82) is 0 Å². The summed E-state index contributed by atoms with van der Waals surface area (Å²) in [6.45, 7) is 10.8. The van der Waals surface area contributed by atoms with E-state index in [1.807, 2.05) is 38.1 Å². The van der Waals surface area contributed by atoms with E-state index in [9.17, 15) is 13.2 Å². The van der Waals surface area contributed by atoms with Gasteiger partial charge in [-0.25, -0.2) is 13.4 Å². The van der Waals surface area contributed by atoms with E-state index in [0.717, 1.165) is 48.4 Å². The molecular weight excluding hydrogens is 438 g/mol. The van der Waals surface area contributed by atoms with Gasteiger partial charge in [0.15, 0.2) is 9.84 Å². The Kier molecular flexibility index (Phi) is 8.00. The molecule has 33 heavy (non-hydrogen) atoms. The molecule has 1 atom stereocenters. The minimum absolute atomic E-state index is 0.0355. The molecule has 3 rings (SSSR count). The fourth-order valence-corrected chi connectivity index (χ4v) is 5.08. The van der Waals surface area contributed by atoms with E-state index in [1.165, 1.54) is 0 Å². The van der Waals surface area contributed by atoms with Crippen LogP contribution in [0.1, 0.15) is 70.6 Å².